The molecule has 0 saturated carbocycles. The molecule has 1 saturated heterocycles. The van der Waals surface area contributed by atoms with Crippen molar-refractivity contribution in [2.45, 2.75) is 6.92 Å². The molecule has 1 fully saturated rings. The summed E-state index contributed by atoms with van der Waals surface area (Å²) >= 11 is 6.38. The first kappa shape index (κ1) is 17.8. The van der Waals surface area contributed by atoms with Crippen molar-refractivity contribution in [2.24, 2.45) is 0 Å². The Morgan fingerprint density at radius 3 is 2.57 bits per heavy atom. The number of nitrogens with zero attached hydrogens (tertiary/aromatic N) is 1. The summed E-state index contributed by atoms with van der Waals surface area (Å²) in [7, 11) is -2.24. The van der Waals surface area contributed by atoms with Crippen LogP contribution in [0, 0.1) is 0 Å². The minimum absolute atomic E-state index is 0.0910. The average molecular weight is 373 g/mol. The van der Waals surface area contributed by atoms with E-state index in [0.29, 0.717) is 21.3 Å². The molecule has 0 unspecified atom stereocenters. The Hall–Kier alpha value is -1.58. The van der Waals surface area contributed by atoms with Gasteiger partial charge in [-0.25, -0.2) is 0 Å². The number of hydrogen-bond acceptors (Lipinski definition) is 7. The van der Waals surface area contributed by atoms with Gasteiger partial charge in [0.25, 0.3) is 5.91 Å². The summed E-state index contributed by atoms with van der Waals surface area (Å²) in [6.07, 6.45) is 2.64. The van der Waals surface area contributed by atoms with Gasteiger partial charge in [-0.3, -0.25) is 9.69 Å². The molecule has 0 N–H and O–H groups in total. The van der Waals surface area contributed by atoms with E-state index in [1.54, 1.807) is 18.2 Å². The van der Waals surface area contributed by atoms with Crippen molar-refractivity contribution in [2.75, 3.05) is 19.9 Å². The summed E-state index contributed by atoms with van der Waals surface area (Å²) < 4.78 is 33.0. The van der Waals surface area contributed by atoms with E-state index in [9.17, 15) is 13.2 Å². The van der Waals surface area contributed by atoms with Gasteiger partial charge in [0, 0.05) is 6.54 Å². The van der Waals surface area contributed by atoms with Gasteiger partial charge in [-0.15, -0.1) is 0 Å². The molecule has 0 aliphatic carbocycles. The van der Waals surface area contributed by atoms with Crippen LogP contribution in [0.2, 0.25) is 0 Å². The van der Waals surface area contributed by atoms with E-state index in [1.165, 1.54) is 29.8 Å². The molecule has 1 aliphatic heterocycles. The van der Waals surface area contributed by atoms with E-state index < -0.39 is 10.1 Å². The highest BCUT2D eigenvalue weighted by molar-refractivity contribution is 8.26. The zero-order valence-electron chi connectivity index (χ0n) is 12.7. The molecule has 9 heteroatoms. The molecule has 6 nitrogen and oxygen atoms in total. The van der Waals surface area contributed by atoms with Gasteiger partial charge in [-0.2, -0.15) is 8.42 Å². The molecule has 0 radical (unpaired) electrons. The van der Waals surface area contributed by atoms with Crippen molar-refractivity contribution in [3.05, 3.63) is 28.7 Å². The fourth-order valence-electron chi connectivity index (χ4n) is 1.93. The Balaban J connectivity index is 2.33. The summed E-state index contributed by atoms with van der Waals surface area (Å²) in [5.41, 5.74) is 0.680. The average Bonchev–Trinajstić information content (AvgIpc) is 2.73. The third-order valence-electron chi connectivity index (χ3n) is 2.92. The van der Waals surface area contributed by atoms with Crippen LogP contribution in [0.5, 0.6) is 11.5 Å². The van der Waals surface area contributed by atoms with Crippen LogP contribution in [-0.4, -0.2) is 43.5 Å². The number of carbonyl (C=O) groups is 1. The summed E-state index contributed by atoms with van der Waals surface area (Å²) in [4.78, 5) is 14.2. The van der Waals surface area contributed by atoms with Crippen LogP contribution in [0.3, 0.4) is 0 Å². The lowest BCUT2D eigenvalue weighted by Crippen LogP contribution is -2.27. The SMILES string of the molecule is CCN1C(=O)/C(=C\c2ccc(OS(C)(=O)=O)c(OC)c2)SC1=S. The van der Waals surface area contributed by atoms with E-state index in [4.69, 9.17) is 21.1 Å². The van der Waals surface area contributed by atoms with Gasteiger partial charge in [0.15, 0.2) is 11.5 Å². The highest BCUT2D eigenvalue weighted by Crippen LogP contribution is 2.34. The van der Waals surface area contributed by atoms with Crippen LogP contribution in [0.25, 0.3) is 6.08 Å². The Labute approximate surface area is 144 Å². The lowest BCUT2D eigenvalue weighted by molar-refractivity contribution is -0.121. The lowest BCUT2D eigenvalue weighted by Gasteiger charge is -2.10. The molecule has 1 aromatic rings. The van der Waals surface area contributed by atoms with Crippen LogP contribution in [-0.2, 0) is 14.9 Å². The number of rotatable bonds is 5. The van der Waals surface area contributed by atoms with Gasteiger partial charge in [-0.1, -0.05) is 30.0 Å². The van der Waals surface area contributed by atoms with Gasteiger partial charge in [0.1, 0.15) is 4.32 Å². The van der Waals surface area contributed by atoms with E-state index in [1.807, 2.05) is 6.92 Å². The summed E-state index contributed by atoms with van der Waals surface area (Å²) in [5, 5.41) is 0. The fourth-order valence-corrected chi connectivity index (χ4v) is 3.78. The van der Waals surface area contributed by atoms with Crippen molar-refractivity contribution in [1.82, 2.24) is 4.90 Å². The molecule has 0 aromatic heterocycles. The van der Waals surface area contributed by atoms with Crippen LogP contribution < -0.4 is 8.92 Å². The largest absolute Gasteiger partial charge is 0.493 e. The highest BCUT2D eigenvalue weighted by atomic mass is 32.2. The second-order valence-electron chi connectivity index (χ2n) is 4.62. The third kappa shape index (κ3) is 4.24. The lowest BCUT2D eigenvalue weighted by atomic mass is 10.2. The Kier molecular flexibility index (Phi) is 5.33. The molecule has 1 heterocycles. The van der Waals surface area contributed by atoms with Crippen molar-refractivity contribution in [1.29, 1.82) is 0 Å². The maximum Gasteiger partial charge on any atom is 0.306 e. The number of benzene rings is 1. The van der Waals surface area contributed by atoms with E-state index in [2.05, 4.69) is 0 Å². The smallest absolute Gasteiger partial charge is 0.306 e. The molecule has 0 atom stereocenters. The molecule has 0 spiro atoms. The molecule has 23 heavy (non-hydrogen) atoms. The minimum Gasteiger partial charge on any atom is -0.493 e. The third-order valence-corrected chi connectivity index (χ3v) is 4.78. The first-order valence-corrected chi connectivity index (χ1v) is 9.62. The number of likely N-dealkylation sites (N-methyl/N-ethyl adjacent to an activating group) is 1. The molecule has 124 valence electrons. The maximum absolute atomic E-state index is 12.2. The maximum atomic E-state index is 12.2. The number of amides is 1. The van der Waals surface area contributed by atoms with Gasteiger partial charge >= 0.3 is 10.1 Å². The number of thiocarbonyl (C=S) groups is 1. The van der Waals surface area contributed by atoms with E-state index in [0.717, 1.165) is 6.26 Å². The Bertz CT molecular complexity index is 786. The Morgan fingerprint density at radius 2 is 2.04 bits per heavy atom. The number of thioether (sulfide) groups is 1. The van der Waals surface area contributed by atoms with E-state index in [-0.39, 0.29) is 17.4 Å². The Morgan fingerprint density at radius 1 is 1.35 bits per heavy atom. The number of methoxy groups -OCH3 is 1. The van der Waals surface area contributed by atoms with Crippen LogP contribution >= 0.6 is 24.0 Å². The fraction of sp³-hybridized carbons (Fsp3) is 0.286. The molecule has 1 amide bonds. The summed E-state index contributed by atoms with van der Waals surface area (Å²) in [6, 6.07) is 4.72. The van der Waals surface area contributed by atoms with Crippen molar-refractivity contribution in [3.8, 4) is 11.5 Å². The molecule has 2 rings (SSSR count). The topological polar surface area (TPSA) is 72.9 Å². The second-order valence-corrected chi connectivity index (χ2v) is 7.87. The van der Waals surface area contributed by atoms with Crippen molar-refractivity contribution in [3.63, 3.8) is 0 Å². The van der Waals surface area contributed by atoms with Gasteiger partial charge in [0.05, 0.1) is 18.3 Å². The highest BCUT2D eigenvalue weighted by Gasteiger charge is 2.30. The molecule has 1 aliphatic rings. The normalized spacial score (nSPS) is 17.0. The monoisotopic (exact) mass is 373 g/mol. The molecule has 1 aromatic carbocycles. The van der Waals surface area contributed by atoms with Crippen LogP contribution in [0.15, 0.2) is 23.1 Å². The first-order valence-electron chi connectivity index (χ1n) is 6.58. The van der Waals surface area contributed by atoms with Crippen molar-refractivity contribution >= 4 is 50.4 Å². The second kappa shape index (κ2) is 6.90. The van der Waals surface area contributed by atoms with E-state index >= 15 is 0 Å². The number of carbonyl (C=O) groups excluding carboxylic acids is 1. The predicted octanol–water partition coefficient (Wildman–Crippen LogP) is 2.25. The number of hydrogen-bond donors (Lipinski definition) is 0. The van der Waals surface area contributed by atoms with Gasteiger partial charge in [-0.05, 0) is 30.7 Å². The van der Waals surface area contributed by atoms with Gasteiger partial charge in [0.2, 0.25) is 0 Å². The first-order chi connectivity index (χ1) is 10.7. The number of ether oxygens (including phenoxy) is 1. The summed E-state index contributed by atoms with van der Waals surface area (Å²) in [5.74, 6) is 0.210. The molecular weight excluding hydrogens is 358 g/mol. The molecular formula is C14H15NO5S3. The van der Waals surface area contributed by atoms with Crippen molar-refractivity contribution < 1.29 is 22.1 Å². The summed E-state index contributed by atoms with van der Waals surface area (Å²) in [6.45, 7) is 2.38. The predicted molar refractivity (Wildman–Crippen MR) is 94.0 cm³/mol. The molecule has 0 bridgehead atoms. The standard InChI is InChI=1S/C14H15NO5S3/c1-4-15-13(16)12(22-14(15)21)8-9-5-6-10(11(7-9)19-2)20-23(3,17)18/h5-8H,4H2,1-3H3/b12-8+. The van der Waals surface area contributed by atoms with Crippen LogP contribution in [0.4, 0.5) is 0 Å². The van der Waals surface area contributed by atoms with Gasteiger partial charge < -0.3 is 8.92 Å². The quantitative estimate of drug-likeness (QED) is 0.445. The zero-order valence-corrected chi connectivity index (χ0v) is 15.2. The minimum atomic E-state index is -3.65. The van der Waals surface area contributed by atoms with Crippen LogP contribution in [0.1, 0.15) is 12.5 Å². The zero-order chi connectivity index (χ0) is 17.2.